The summed E-state index contributed by atoms with van der Waals surface area (Å²) < 4.78 is 10.6. The Labute approximate surface area is 441 Å². The Morgan fingerprint density at radius 1 is 0.319 bits per heavy atom. The van der Waals surface area contributed by atoms with E-state index in [9.17, 15) is 14.7 Å². The normalized spacial score (nSPS) is 13.8. The van der Waals surface area contributed by atoms with Crippen molar-refractivity contribution in [2.24, 2.45) is 0 Å². The molecule has 5 nitrogen and oxygen atoms in total. The maximum absolute atomic E-state index is 12.3. The van der Waals surface area contributed by atoms with E-state index in [2.05, 4.69) is 208 Å². The van der Waals surface area contributed by atoms with Gasteiger partial charge in [0.2, 0.25) is 0 Å². The molecule has 5 heteroatoms. The molecule has 1 atom stereocenters. The van der Waals surface area contributed by atoms with E-state index in [4.69, 9.17) is 9.47 Å². The number of hydrogen-bond donors (Lipinski definition) is 1. The first-order chi connectivity index (χ1) is 35.6. The predicted molar refractivity (Wildman–Crippen MR) is 315 cm³/mol. The minimum absolute atomic E-state index is 0.109. The molecule has 0 heterocycles. The van der Waals surface area contributed by atoms with E-state index in [0.29, 0.717) is 12.8 Å². The summed E-state index contributed by atoms with van der Waals surface area (Å²) in [4.78, 5) is 24.5. The van der Waals surface area contributed by atoms with Crippen LogP contribution in [-0.2, 0) is 19.1 Å². The number of aliphatic hydroxyl groups is 1. The number of carbonyl (C=O) groups excluding carboxylic acids is 2. The lowest BCUT2D eigenvalue weighted by atomic mass is 10.1. The van der Waals surface area contributed by atoms with Crippen molar-refractivity contribution in [2.75, 3.05) is 13.2 Å². The van der Waals surface area contributed by atoms with Gasteiger partial charge >= 0.3 is 11.9 Å². The fraction of sp³-hybridized carbons (Fsp3) is 0.493. The fourth-order valence-corrected chi connectivity index (χ4v) is 6.76. The first-order valence-electron chi connectivity index (χ1n) is 28.0. The Bertz CT molecular complexity index is 1730. The molecule has 0 radical (unpaired) electrons. The van der Waals surface area contributed by atoms with Gasteiger partial charge in [-0.3, -0.25) is 9.59 Å². The number of carbonyl (C=O) groups is 2. The van der Waals surface area contributed by atoms with E-state index < -0.39 is 6.10 Å². The largest absolute Gasteiger partial charge is 0.462 e. The number of aliphatic hydroxyl groups excluding tert-OH is 1. The number of rotatable bonds is 48. The molecular weight excluding hydrogens is 885 g/mol. The molecule has 0 spiro atoms. The van der Waals surface area contributed by atoms with Gasteiger partial charge in [-0.2, -0.15) is 0 Å². The van der Waals surface area contributed by atoms with Gasteiger partial charge in [-0.05, 0) is 141 Å². The summed E-state index contributed by atoms with van der Waals surface area (Å²) in [6.45, 7) is 3.84. The van der Waals surface area contributed by atoms with E-state index in [1.165, 1.54) is 12.8 Å². The monoisotopic (exact) mass is 985 g/mol. The average Bonchev–Trinajstić information content (AvgIpc) is 3.38. The Kier molecular flexibility index (Phi) is 55.7. The van der Waals surface area contributed by atoms with Crippen LogP contribution in [-0.4, -0.2) is 36.4 Å². The van der Waals surface area contributed by atoms with Gasteiger partial charge in [0.15, 0.2) is 6.10 Å². The van der Waals surface area contributed by atoms with Gasteiger partial charge in [-0.1, -0.05) is 234 Å². The molecule has 0 aromatic rings. The molecular formula is C67H100O5. The van der Waals surface area contributed by atoms with Crippen LogP contribution >= 0.6 is 0 Å². The Morgan fingerprint density at radius 2 is 0.556 bits per heavy atom. The summed E-state index contributed by atoms with van der Waals surface area (Å²) >= 11 is 0. The van der Waals surface area contributed by atoms with Gasteiger partial charge < -0.3 is 14.6 Å². The number of allylic oxidation sites excluding steroid dienone is 32. The molecule has 0 aromatic carbocycles. The predicted octanol–water partition coefficient (Wildman–Crippen LogP) is 19.3. The minimum atomic E-state index is -0.815. The second kappa shape index (κ2) is 60.0. The zero-order valence-electron chi connectivity index (χ0n) is 45.3. The van der Waals surface area contributed by atoms with E-state index >= 15 is 0 Å². The van der Waals surface area contributed by atoms with E-state index in [1.807, 2.05) is 0 Å². The molecule has 0 bridgehead atoms. The summed E-state index contributed by atoms with van der Waals surface area (Å²) in [6, 6.07) is 0. The van der Waals surface area contributed by atoms with Gasteiger partial charge in [0, 0.05) is 12.8 Å². The molecule has 398 valence electrons. The summed E-state index contributed by atoms with van der Waals surface area (Å²) in [5.74, 6) is -0.677. The molecule has 0 aliphatic carbocycles. The second-order valence-electron chi connectivity index (χ2n) is 17.5. The van der Waals surface area contributed by atoms with Crippen LogP contribution in [0.1, 0.15) is 194 Å². The minimum Gasteiger partial charge on any atom is -0.462 e. The lowest BCUT2D eigenvalue weighted by Crippen LogP contribution is -2.28. The highest BCUT2D eigenvalue weighted by Crippen LogP contribution is 2.11. The topological polar surface area (TPSA) is 72.8 Å². The third kappa shape index (κ3) is 57.3. The SMILES string of the molecule is CC/C=C\C/C=C\C/C=C\C/C=C\C/C=C\C/C=C\C/C=C\C/C=C\C/C=C\C/C=C\CCCCCCCCC(=O)OC(CO)COC(=O)CCCC/C=C\C/C=C\C/C=C\C/C=C\C/C=C\C/C=C\CC. The summed E-state index contributed by atoms with van der Waals surface area (Å²) in [6.07, 6.45) is 96.7. The Hall–Kier alpha value is -5.26. The molecule has 1 unspecified atom stereocenters. The quantitative estimate of drug-likeness (QED) is 0.0374. The van der Waals surface area contributed by atoms with Crippen LogP contribution < -0.4 is 0 Å². The van der Waals surface area contributed by atoms with Crippen LogP contribution in [0.25, 0.3) is 0 Å². The highest BCUT2D eigenvalue weighted by Gasteiger charge is 2.16. The number of unbranched alkanes of at least 4 members (excludes halogenated alkanes) is 8. The molecule has 0 rings (SSSR count). The second-order valence-corrected chi connectivity index (χ2v) is 17.5. The highest BCUT2D eigenvalue weighted by molar-refractivity contribution is 5.70. The first kappa shape index (κ1) is 66.7. The van der Waals surface area contributed by atoms with Crippen LogP contribution in [0.5, 0.6) is 0 Å². The molecule has 0 saturated carbocycles. The lowest BCUT2D eigenvalue weighted by Gasteiger charge is -2.15. The number of esters is 2. The molecule has 0 aliphatic rings. The van der Waals surface area contributed by atoms with E-state index in [1.54, 1.807) is 0 Å². The molecule has 1 N–H and O–H groups in total. The van der Waals surface area contributed by atoms with Gasteiger partial charge in [0.05, 0.1) is 6.61 Å². The third-order valence-electron chi connectivity index (χ3n) is 10.9. The first-order valence-corrected chi connectivity index (χ1v) is 28.0. The van der Waals surface area contributed by atoms with Crippen molar-refractivity contribution in [2.45, 2.75) is 200 Å². The Morgan fingerprint density at radius 3 is 0.861 bits per heavy atom. The smallest absolute Gasteiger partial charge is 0.306 e. The van der Waals surface area contributed by atoms with Gasteiger partial charge in [0.25, 0.3) is 0 Å². The zero-order valence-corrected chi connectivity index (χ0v) is 45.3. The van der Waals surface area contributed by atoms with Crippen molar-refractivity contribution >= 4 is 11.9 Å². The van der Waals surface area contributed by atoms with Crippen LogP contribution in [0.3, 0.4) is 0 Å². The van der Waals surface area contributed by atoms with Crippen LogP contribution in [0, 0.1) is 0 Å². The molecule has 0 fully saturated rings. The molecule has 0 aromatic heterocycles. The maximum atomic E-state index is 12.3. The molecule has 0 amide bonds. The average molecular weight is 986 g/mol. The van der Waals surface area contributed by atoms with Crippen LogP contribution in [0.2, 0.25) is 0 Å². The van der Waals surface area contributed by atoms with Crippen molar-refractivity contribution < 1.29 is 24.2 Å². The zero-order chi connectivity index (χ0) is 52.0. The lowest BCUT2D eigenvalue weighted by molar-refractivity contribution is -0.161. The van der Waals surface area contributed by atoms with Gasteiger partial charge in [0.1, 0.15) is 6.61 Å². The third-order valence-corrected chi connectivity index (χ3v) is 10.9. The van der Waals surface area contributed by atoms with Crippen molar-refractivity contribution in [3.63, 3.8) is 0 Å². The molecule has 0 saturated heterocycles. The number of ether oxygens (including phenoxy) is 2. The Balaban J connectivity index is 3.71. The summed E-state index contributed by atoms with van der Waals surface area (Å²) in [5, 5.41) is 9.64. The van der Waals surface area contributed by atoms with E-state index in [0.717, 1.165) is 154 Å². The fourth-order valence-electron chi connectivity index (χ4n) is 6.76. The number of hydrogen-bond acceptors (Lipinski definition) is 5. The van der Waals surface area contributed by atoms with Crippen molar-refractivity contribution in [1.82, 2.24) is 0 Å². The summed E-state index contributed by atoms with van der Waals surface area (Å²) in [7, 11) is 0. The van der Waals surface area contributed by atoms with Crippen molar-refractivity contribution in [3.8, 4) is 0 Å². The van der Waals surface area contributed by atoms with Crippen LogP contribution in [0.15, 0.2) is 194 Å². The summed E-state index contributed by atoms with van der Waals surface area (Å²) in [5.41, 5.74) is 0. The molecule has 72 heavy (non-hydrogen) atoms. The van der Waals surface area contributed by atoms with E-state index in [-0.39, 0.29) is 25.2 Å². The van der Waals surface area contributed by atoms with Gasteiger partial charge in [-0.25, -0.2) is 0 Å². The van der Waals surface area contributed by atoms with Gasteiger partial charge in [-0.15, -0.1) is 0 Å². The highest BCUT2D eigenvalue weighted by atomic mass is 16.6. The maximum Gasteiger partial charge on any atom is 0.306 e. The standard InChI is InChI=1S/C67H100O5/c1-3-5-7-9-11-13-15-17-19-21-23-25-26-27-28-29-30-31-32-33-34-35-36-37-38-39-40-42-44-46-48-50-52-54-56-58-60-62-67(70)72-65(63-68)64-71-66(69)61-59-57-55-53-51-49-47-45-43-41-24-22-20-18-16-14-12-10-8-6-4-2/h5-8,11-14,17-20,23-25,27-28,30-31,33-34,36-37,39-41,44-47,51,53,65,68H,3-4,9-10,15-16,21-22,26,29,32,35,38,42-43,48-50,52,54-64H2,1-2H3/b7-5-,8-6-,13-11-,14-12-,19-17-,20-18-,25-23-,28-27-,31-30-,34-33-,37-36-,40-39-,41-24-,46-44-,47-45-,53-51-. The van der Waals surface area contributed by atoms with Crippen molar-refractivity contribution in [3.05, 3.63) is 194 Å². The van der Waals surface area contributed by atoms with Crippen LogP contribution in [0.4, 0.5) is 0 Å². The van der Waals surface area contributed by atoms with Crippen molar-refractivity contribution in [1.29, 1.82) is 0 Å². The molecule has 0 aliphatic heterocycles.